The summed E-state index contributed by atoms with van der Waals surface area (Å²) in [5.41, 5.74) is 0.783. The Balaban J connectivity index is 2.53. The first kappa shape index (κ1) is 18.3. The summed E-state index contributed by atoms with van der Waals surface area (Å²) < 4.78 is 17.6. The third kappa shape index (κ3) is 6.68. The third-order valence-electron chi connectivity index (χ3n) is 2.87. The number of aliphatic hydroxyl groups excluding tert-OH is 1. The molecule has 0 saturated heterocycles. The molecule has 0 aliphatic carbocycles. The molecule has 1 aromatic carbocycles. The van der Waals surface area contributed by atoms with E-state index in [0.29, 0.717) is 37.2 Å². The lowest BCUT2D eigenvalue weighted by Gasteiger charge is -2.15. The van der Waals surface area contributed by atoms with E-state index in [1.165, 1.54) is 0 Å². The zero-order chi connectivity index (χ0) is 15.7. The van der Waals surface area contributed by atoms with Crippen LogP contribution in [0.5, 0.6) is 11.5 Å². The summed E-state index contributed by atoms with van der Waals surface area (Å²) in [6.07, 6.45) is 1.05. The first-order valence-electron chi connectivity index (χ1n) is 7.35. The monoisotopic (exact) mass is 360 g/mol. The van der Waals surface area contributed by atoms with Crippen molar-refractivity contribution in [2.24, 2.45) is 5.92 Å². The topological polar surface area (TPSA) is 47.9 Å². The first-order valence-corrected chi connectivity index (χ1v) is 8.14. The van der Waals surface area contributed by atoms with Crippen LogP contribution in [0.4, 0.5) is 0 Å². The van der Waals surface area contributed by atoms with Crippen LogP contribution in [0.2, 0.25) is 0 Å². The lowest BCUT2D eigenvalue weighted by molar-refractivity contribution is 0.0911. The van der Waals surface area contributed by atoms with Gasteiger partial charge in [0.1, 0.15) is 6.61 Å². The number of hydrogen-bond acceptors (Lipinski definition) is 4. The molecular formula is C16H25BrO4. The highest BCUT2D eigenvalue weighted by molar-refractivity contribution is 9.10. The van der Waals surface area contributed by atoms with Crippen molar-refractivity contribution in [1.82, 2.24) is 0 Å². The highest BCUT2D eigenvalue weighted by Gasteiger charge is 2.12. The lowest BCUT2D eigenvalue weighted by atomic mass is 10.1. The van der Waals surface area contributed by atoms with E-state index in [4.69, 9.17) is 14.2 Å². The van der Waals surface area contributed by atoms with E-state index in [2.05, 4.69) is 29.8 Å². The van der Waals surface area contributed by atoms with Crippen LogP contribution in [-0.4, -0.2) is 31.5 Å². The maximum atomic E-state index is 9.23. The van der Waals surface area contributed by atoms with Gasteiger partial charge in [0, 0.05) is 6.61 Å². The Morgan fingerprint density at radius 1 is 1.14 bits per heavy atom. The van der Waals surface area contributed by atoms with Gasteiger partial charge in [-0.05, 0) is 52.9 Å². The number of aliphatic hydroxyl groups is 1. The maximum absolute atomic E-state index is 9.23. The molecule has 0 heterocycles. The Bertz CT molecular complexity index is 421. The average Bonchev–Trinajstić information content (AvgIpc) is 2.44. The molecule has 0 spiro atoms. The quantitative estimate of drug-likeness (QED) is 0.645. The maximum Gasteiger partial charge on any atom is 0.175 e. The van der Waals surface area contributed by atoms with Gasteiger partial charge in [0.2, 0.25) is 0 Å². The smallest absolute Gasteiger partial charge is 0.175 e. The molecule has 0 bridgehead atoms. The van der Waals surface area contributed by atoms with Crippen molar-refractivity contribution < 1.29 is 19.3 Å². The van der Waals surface area contributed by atoms with Gasteiger partial charge in [-0.1, -0.05) is 13.8 Å². The predicted molar refractivity (Wildman–Crippen MR) is 87.0 cm³/mol. The summed E-state index contributed by atoms with van der Waals surface area (Å²) in [5, 5.41) is 9.23. The van der Waals surface area contributed by atoms with Gasteiger partial charge in [-0.15, -0.1) is 0 Å². The molecule has 120 valence electrons. The summed E-state index contributed by atoms with van der Waals surface area (Å²) in [4.78, 5) is 0. The molecule has 0 unspecified atom stereocenters. The van der Waals surface area contributed by atoms with Crippen LogP contribution in [0.15, 0.2) is 16.6 Å². The highest BCUT2D eigenvalue weighted by Crippen LogP contribution is 2.36. The van der Waals surface area contributed by atoms with Gasteiger partial charge in [-0.3, -0.25) is 0 Å². The number of rotatable bonds is 10. The van der Waals surface area contributed by atoms with Gasteiger partial charge < -0.3 is 19.3 Å². The van der Waals surface area contributed by atoms with E-state index < -0.39 is 0 Å². The predicted octanol–water partition coefficient (Wildman–Crippen LogP) is 3.78. The molecule has 1 rings (SSSR count). The van der Waals surface area contributed by atoms with E-state index in [1.807, 2.05) is 13.0 Å². The van der Waals surface area contributed by atoms with E-state index in [1.54, 1.807) is 6.07 Å². The third-order valence-corrected chi connectivity index (χ3v) is 3.45. The molecule has 0 amide bonds. The minimum atomic E-state index is -0.0305. The van der Waals surface area contributed by atoms with Crippen molar-refractivity contribution in [2.75, 3.05) is 26.4 Å². The fourth-order valence-electron chi connectivity index (χ4n) is 1.74. The minimum absolute atomic E-state index is 0.0305. The second-order valence-corrected chi connectivity index (χ2v) is 5.99. The van der Waals surface area contributed by atoms with Crippen LogP contribution in [0.1, 0.15) is 32.8 Å². The Kier molecular flexibility index (Phi) is 8.73. The van der Waals surface area contributed by atoms with Crippen molar-refractivity contribution in [3.8, 4) is 11.5 Å². The van der Waals surface area contributed by atoms with Crippen LogP contribution in [-0.2, 0) is 11.3 Å². The fourth-order valence-corrected chi connectivity index (χ4v) is 2.34. The fraction of sp³-hybridized carbons (Fsp3) is 0.625. The highest BCUT2D eigenvalue weighted by atomic mass is 79.9. The molecule has 5 heteroatoms. The molecule has 0 fully saturated rings. The molecule has 0 saturated carbocycles. The molecule has 0 radical (unpaired) electrons. The van der Waals surface area contributed by atoms with E-state index in [-0.39, 0.29) is 6.61 Å². The number of benzene rings is 1. The molecule has 1 N–H and O–H groups in total. The summed E-state index contributed by atoms with van der Waals surface area (Å²) >= 11 is 3.45. The summed E-state index contributed by atoms with van der Waals surface area (Å²) in [6.45, 7) is 8.55. The zero-order valence-electron chi connectivity index (χ0n) is 13.0. The Hall–Kier alpha value is -0.780. The molecule has 0 aromatic heterocycles. The number of halogens is 1. The number of ether oxygens (including phenoxy) is 3. The van der Waals surface area contributed by atoms with Crippen molar-refractivity contribution in [1.29, 1.82) is 0 Å². The van der Waals surface area contributed by atoms with E-state index in [9.17, 15) is 5.11 Å². The summed E-state index contributed by atoms with van der Waals surface area (Å²) in [5.74, 6) is 1.94. The van der Waals surface area contributed by atoms with Crippen LogP contribution in [0, 0.1) is 5.92 Å². The van der Waals surface area contributed by atoms with Crippen LogP contribution in [0.3, 0.4) is 0 Å². The van der Waals surface area contributed by atoms with E-state index >= 15 is 0 Å². The van der Waals surface area contributed by atoms with Crippen LogP contribution in [0.25, 0.3) is 0 Å². The second-order valence-electron chi connectivity index (χ2n) is 5.14. The second kappa shape index (κ2) is 10.0. The molecule has 0 aliphatic heterocycles. The van der Waals surface area contributed by atoms with Gasteiger partial charge in [-0.25, -0.2) is 0 Å². The molecule has 4 nitrogen and oxygen atoms in total. The summed E-state index contributed by atoms with van der Waals surface area (Å²) in [6, 6.07) is 3.63. The van der Waals surface area contributed by atoms with Crippen molar-refractivity contribution in [3.05, 3.63) is 22.2 Å². The largest absolute Gasteiger partial charge is 0.490 e. The minimum Gasteiger partial charge on any atom is -0.490 e. The zero-order valence-corrected chi connectivity index (χ0v) is 14.6. The molecule has 0 aliphatic rings. The molecular weight excluding hydrogens is 336 g/mol. The van der Waals surface area contributed by atoms with Gasteiger partial charge >= 0.3 is 0 Å². The Labute approximate surface area is 135 Å². The van der Waals surface area contributed by atoms with Crippen LogP contribution >= 0.6 is 15.9 Å². The lowest BCUT2D eigenvalue weighted by Crippen LogP contribution is -2.10. The Morgan fingerprint density at radius 3 is 2.52 bits per heavy atom. The standard InChI is InChI=1S/C16H25BrO4/c1-4-20-15-10-13(11-18)9-14(17)16(15)21-8-7-19-6-5-12(2)3/h9-10,12,18H,4-8,11H2,1-3H3. The molecule has 0 atom stereocenters. The van der Waals surface area contributed by atoms with Crippen LogP contribution < -0.4 is 9.47 Å². The Morgan fingerprint density at radius 2 is 1.90 bits per heavy atom. The van der Waals surface area contributed by atoms with Gasteiger partial charge in [0.15, 0.2) is 11.5 Å². The first-order chi connectivity index (χ1) is 10.1. The van der Waals surface area contributed by atoms with Crippen molar-refractivity contribution >= 4 is 15.9 Å². The van der Waals surface area contributed by atoms with Gasteiger partial charge in [-0.2, -0.15) is 0 Å². The van der Waals surface area contributed by atoms with Crippen molar-refractivity contribution in [3.63, 3.8) is 0 Å². The van der Waals surface area contributed by atoms with Gasteiger partial charge in [0.05, 0.1) is 24.3 Å². The normalized spacial score (nSPS) is 11.0. The van der Waals surface area contributed by atoms with E-state index in [0.717, 1.165) is 23.1 Å². The molecule has 1 aromatic rings. The molecule has 21 heavy (non-hydrogen) atoms. The van der Waals surface area contributed by atoms with Gasteiger partial charge in [0.25, 0.3) is 0 Å². The summed E-state index contributed by atoms with van der Waals surface area (Å²) in [7, 11) is 0. The average molecular weight is 361 g/mol. The SMILES string of the molecule is CCOc1cc(CO)cc(Br)c1OCCOCCC(C)C. The van der Waals surface area contributed by atoms with Crippen molar-refractivity contribution in [2.45, 2.75) is 33.8 Å². The number of hydrogen-bond donors (Lipinski definition) is 1.